The molecule has 0 N–H and O–H groups in total. The van der Waals surface area contributed by atoms with Gasteiger partial charge in [0.05, 0.1) is 0 Å². The number of hydrogen-bond acceptors (Lipinski definition) is 8. The fraction of sp³-hybridized carbons (Fsp3) is 0. The number of furan rings is 2. The maximum atomic E-state index is 6.50. The predicted molar refractivity (Wildman–Crippen MR) is 230 cm³/mol. The van der Waals surface area contributed by atoms with Gasteiger partial charge in [-0.1, -0.05) is 115 Å². The van der Waals surface area contributed by atoms with Crippen molar-refractivity contribution in [2.75, 3.05) is 0 Å². The lowest BCUT2D eigenvalue weighted by molar-refractivity contribution is 0.667. The van der Waals surface area contributed by atoms with Crippen molar-refractivity contribution in [1.29, 1.82) is 0 Å². The molecule has 0 atom stereocenters. The molecule has 12 rings (SSSR count). The van der Waals surface area contributed by atoms with Crippen molar-refractivity contribution >= 4 is 75.5 Å². The SMILES string of the molecule is c1ccc(-c2nc(-c3ccc4oc5cccc(-c6nc(-c7ccccc7)c7oc8ccccc8c7n6)c5c4c3)nc(-c3cccc4c3sc3ccccc34)n2)cc1. The van der Waals surface area contributed by atoms with E-state index < -0.39 is 0 Å². The van der Waals surface area contributed by atoms with Gasteiger partial charge in [-0.05, 0) is 48.5 Å². The lowest BCUT2D eigenvalue weighted by Crippen LogP contribution is -2.00. The monoisotopic (exact) mass is 749 g/mol. The van der Waals surface area contributed by atoms with Crippen LogP contribution >= 0.6 is 11.3 Å². The Morgan fingerprint density at radius 3 is 1.88 bits per heavy atom. The minimum absolute atomic E-state index is 0.569. The first kappa shape index (κ1) is 31.8. The number of aromatic nitrogens is 5. The molecule has 0 radical (unpaired) electrons. The third-order valence-electron chi connectivity index (χ3n) is 10.6. The fourth-order valence-corrected chi connectivity index (χ4v) is 9.13. The highest BCUT2D eigenvalue weighted by molar-refractivity contribution is 7.26. The number of thiophene rings is 1. The average Bonchev–Trinajstić information content (AvgIpc) is 3.98. The number of hydrogen-bond donors (Lipinski definition) is 0. The molecule has 12 aromatic rings. The first-order valence-electron chi connectivity index (χ1n) is 18.7. The Morgan fingerprint density at radius 2 is 1.02 bits per heavy atom. The molecule has 7 nitrogen and oxygen atoms in total. The molecule has 0 unspecified atom stereocenters. The van der Waals surface area contributed by atoms with E-state index in [4.69, 9.17) is 33.8 Å². The van der Waals surface area contributed by atoms with Crippen LogP contribution < -0.4 is 0 Å². The molecule has 57 heavy (non-hydrogen) atoms. The lowest BCUT2D eigenvalue weighted by atomic mass is 10.0. The lowest BCUT2D eigenvalue weighted by Gasteiger charge is -2.09. The summed E-state index contributed by atoms with van der Waals surface area (Å²) >= 11 is 1.76. The zero-order valence-electron chi connectivity index (χ0n) is 30.0. The molecule has 5 aromatic heterocycles. The molecule has 0 spiro atoms. The molecule has 0 bridgehead atoms. The van der Waals surface area contributed by atoms with Crippen LogP contribution in [0.15, 0.2) is 173 Å². The van der Waals surface area contributed by atoms with Crippen molar-refractivity contribution in [2.45, 2.75) is 0 Å². The largest absolute Gasteiger partial charge is 0.456 e. The third-order valence-corrected chi connectivity index (χ3v) is 11.8. The van der Waals surface area contributed by atoms with Crippen LogP contribution in [0.4, 0.5) is 0 Å². The van der Waals surface area contributed by atoms with Gasteiger partial charge in [0.1, 0.15) is 28.0 Å². The van der Waals surface area contributed by atoms with E-state index in [0.717, 1.165) is 76.6 Å². The minimum atomic E-state index is 0.569. The molecular formula is C49H27N5O2S. The number of para-hydroxylation sites is 1. The number of nitrogens with zero attached hydrogens (tertiary/aromatic N) is 5. The Kier molecular flexibility index (Phi) is 6.96. The summed E-state index contributed by atoms with van der Waals surface area (Å²) in [6, 6.07) is 55.2. The Labute approximate surface area is 328 Å². The molecular weight excluding hydrogens is 723 g/mol. The van der Waals surface area contributed by atoms with Crippen molar-refractivity contribution in [2.24, 2.45) is 0 Å². The van der Waals surface area contributed by atoms with Gasteiger partial charge in [0, 0.05) is 64.1 Å². The Bertz CT molecular complexity index is 3540. The van der Waals surface area contributed by atoms with Crippen LogP contribution in [0, 0.1) is 0 Å². The molecule has 0 aliphatic carbocycles. The first-order valence-corrected chi connectivity index (χ1v) is 19.5. The quantitative estimate of drug-likeness (QED) is 0.173. The van der Waals surface area contributed by atoms with Gasteiger partial charge in [0.2, 0.25) is 0 Å². The highest BCUT2D eigenvalue weighted by atomic mass is 32.1. The van der Waals surface area contributed by atoms with E-state index in [0.29, 0.717) is 28.9 Å². The van der Waals surface area contributed by atoms with Crippen molar-refractivity contribution in [1.82, 2.24) is 24.9 Å². The van der Waals surface area contributed by atoms with Gasteiger partial charge in [-0.25, -0.2) is 24.9 Å². The first-order chi connectivity index (χ1) is 28.2. The third kappa shape index (κ3) is 5.08. The van der Waals surface area contributed by atoms with Crippen LogP contribution in [0.2, 0.25) is 0 Å². The highest BCUT2D eigenvalue weighted by Crippen LogP contribution is 2.42. The smallest absolute Gasteiger partial charge is 0.180 e. The minimum Gasteiger partial charge on any atom is -0.456 e. The van der Waals surface area contributed by atoms with Crippen LogP contribution in [0.3, 0.4) is 0 Å². The van der Waals surface area contributed by atoms with Gasteiger partial charge >= 0.3 is 0 Å². The highest BCUT2D eigenvalue weighted by Gasteiger charge is 2.22. The van der Waals surface area contributed by atoms with Crippen molar-refractivity contribution in [3.8, 4) is 56.8 Å². The maximum Gasteiger partial charge on any atom is 0.180 e. The van der Waals surface area contributed by atoms with E-state index in [9.17, 15) is 0 Å². The average molecular weight is 750 g/mol. The second-order valence-electron chi connectivity index (χ2n) is 14.0. The second kappa shape index (κ2) is 12.5. The number of fused-ring (bicyclic) bond motifs is 9. The summed E-state index contributed by atoms with van der Waals surface area (Å²) in [7, 11) is 0. The van der Waals surface area contributed by atoms with Crippen LogP contribution in [0.25, 0.3) is 121 Å². The molecule has 0 aliphatic rings. The summed E-state index contributed by atoms with van der Waals surface area (Å²) in [5.74, 6) is 2.38. The predicted octanol–water partition coefficient (Wildman–Crippen LogP) is 13.2. The Balaban J connectivity index is 1.08. The zero-order valence-corrected chi connectivity index (χ0v) is 30.9. The standard InChI is InChI=1S/C49H27N5O2S/c1-3-13-28(14-4-1)42-44-43(33-18-7-9-22-37(33)56-44)51-48(50-42)34-20-12-23-39-41(34)36-27-30(25-26-38(36)55-39)47-52-46(29-15-5-2-6-16-29)53-49(54-47)35-21-11-19-32-31-17-8-10-24-40(31)57-45(32)35/h1-27H. The van der Waals surface area contributed by atoms with E-state index >= 15 is 0 Å². The van der Waals surface area contributed by atoms with Gasteiger partial charge in [0.15, 0.2) is 28.9 Å². The van der Waals surface area contributed by atoms with Crippen molar-refractivity contribution in [3.05, 3.63) is 164 Å². The van der Waals surface area contributed by atoms with Crippen LogP contribution in [0.5, 0.6) is 0 Å². The second-order valence-corrected chi connectivity index (χ2v) is 15.0. The number of rotatable bonds is 5. The van der Waals surface area contributed by atoms with E-state index in [1.165, 1.54) is 15.5 Å². The molecule has 5 heterocycles. The van der Waals surface area contributed by atoms with E-state index in [1.54, 1.807) is 11.3 Å². The van der Waals surface area contributed by atoms with Crippen LogP contribution in [0.1, 0.15) is 0 Å². The summed E-state index contributed by atoms with van der Waals surface area (Å²) in [4.78, 5) is 25.8. The molecule has 0 fully saturated rings. The van der Waals surface area contributed by atoms with Gasteiger partial charge < -0.3 is 8.83 Å². The summed E-state index contributed by atoms with van der Waals surface area (Å²) in [5.41, 5.74) is 8.92. The number of benzene rings is 7. The van der Waals surface area contributed by atoms with E-state index in [2.05, 4.69) is 54.6 Å². The summed E-state index contributed by atoms with van der Waals surface area (Å²) in [6.07, 6.45) is 0. The molecule has 8 heteroatoms. The Hall–Kier alpha value is -7.55. The van der Waals surface area contributed by atoms with E-state index in [-0.39, 0.29) is 0 Å². The molecule has 0 aliphatic heterocycles. The Morgan fingerprint density at radius 1 is 0.386 bits per heavy atom. The fourth-order valence-electron chi connectivity index (χ4n) is 7.92. The normalized spacial score (nSPS) is 11.9. The zero-order chi connectivity index (χ0) is 37.5. The van der Waals surface area contributed by atoms with Gasteiger partial charge in [-0.3, -0.25) is 0 Å². The van der Waals surface area contributed by atoms with Gasteiger partial charge in [-0.2, -0.15) is 0 Å². The van der Waals surface area contributed by atoms with Gasteiger partial charge in [-0.15, -0.1) is 11.3 Å². The molecule has 266 valence electrons. The maximum absolute atomic E-state index is 6.50. The van der Waals surface area contributed by atoms with Crippen LogP contribution in [-0.2, 0) is 0 Å². The van der Waals surface area contributed by atoms with Crippen molar-refractivity contribution < 1.29 is 8.83 Å². The summed E-state index contributed by atoms with van der Waals surface area (Å²) in [6.45, 7) is 0. The molecule has 0 amide bonds. The van der Waals surface area contributed by atoms with Crippen LogP contribution in [-0.4, -0.2) is 24.9 Å². The topological polar surface area (TPSA) is 90.7 Å². The van der Waals surface area contributed by atoms with E-state index in [1.807, 2.05) is 109 Å². The summed E-state index contributed by atoms with van der Waals surface area (Å²) in [5, 5.41) is 5.17. The van der Waals surface area contributed by atoms with Gasteiger partial charge in [0.25, 0.3) is 0 Å². The summed E-state index contributed by atoms with van der Waals surface area (Å²) < 4.78 is 15.3. The molecule has 0 saturated carbocycles. The molecule has 7 aromatic carbocycles. The van der Waals surface area contributed by atoms with Crippen molar-refractivity contribution in [3.63, 3.8) is 0 Å². The molecule has 0 saturated heterocycles.